The average molecular weight is 472 g/mol. The first-order valence-corrected chi connectivity index (χ1v) is 10.9. The molecule has 1 atom stereocenters. The number of anilines is 2. The molecule has 1 aromatic carbocycles. The van der Waals surface area contributed by atoms with Gasteiger partial charge < -0.3 is 25.0 Å². The van der Waals surface area contributed by atoms with E-state index in [4.69, 9.17) is 9.84 Å². The molecule has 0 aliphatic carbocycles. The van der Waals surface area contributed by atoms with Crippen LogP contribution in [0.25, 0.3) is 11.1 Å². The summed E-state index contributed by atoms with van der Waals surface area (Å²) in [5.41, 5.74) is 1.06. The topological polar surface area (TPSA) is 128 Å². The summed E-state index contributed by atoms with van der Waals surface area (Å²) in [6.45, 7) is 3.24. The second-order valence-corrected chi connectivity index (χ2v) is 7.87. The van der Waals surface area contributed by atoms with Crippen molar-refractivity contribution in [2.75, 3.05) is 49.1 Å². The number of ether oxygens (including phenoxy) is 1. The van der Waals surface area contributed by atoms with Crippen molar-refractivity contribution in [1.82, 2.24) is 20.2 Å². The predicted octanol–water partition coefficient (Wildman–Crippen LogP) is 0.732. The number of halogens is 1. The number of aliphatic hydroxyl groups is 1. The maximum absolute atomic E-state index is 14.9. The highest BCUT2D eigenvalue weighted by Crippen LogP contribution is 2.29. The molecule has 2 N–H and O–H groups in total. The van der Waals surface area contributed by atoms with Gasteiger partial charge in [0, 0.05) is 56.1 Å². The Morgan fingerprint density at radius 2 is 1.91 bits per heavy atom. The molecule has 2 fully saturated rings. The van der Waals surface area contributed by atoms with E-state index in [9.17, 15) is 18.8 Å². The van der Waals surface area contributed by atoms with Crippen molar-refractivity contribution in [3.8, 4) is 11.1 Å². The summed E-state index contributed by atoms with van der Waals surface area (Å²) in [6, 6.07) is 4.36. The van der Waals surface area contributed by atoms with Crippen molar-refractivity contribution in [1.29, 1.82) is 0 Å². The molecule has 2 aliphatic rings. The minimum Gasteiger partial charge on any atom is -0.423 e. The highest BCUT2D eigenvalue weighted by molar-refractivity contribution is 5.90. The van der Waals surface area contributed by atoms with Gasteiger partial charge >= 0.3 is 6.09 Å². The number of nitrogens with one attached hydrogen (secondary N) is 1. The largest absolute Gasteiger partial charge is 0.423 e. The Morgan fingerprint density at radius 3 is 2.53 bits per heavy atom. The number of aliphatic hydroxyl groups excluding tert-OH is 1. The molecule has 2 aromatic rings. The Balaban J connectivity index is 1.42. The number of nitrogens with zero attached hydrogens (tertiary/aromatic N) is 5. The molecule has 2 aliphatic heterocycles. The first-order valence-electron chi connectivity index (χ1n) is 10.9. The summed E-state index contributed by atoms with van der Waals surface area (Å²) in [7, 11) is 0. The van der Waals surface area contributed by atoms with Crippen LogP contribution in [0.4, 0.5) is 20.8 Å². The van der Waals surface area contributed by atoms with Crippen LogP contribution >= 0.6 is 0 Å². The first-order chi connectivity index (χ1) is 16.4. The lowest BCUT2D eigenvalue weighted by Crippen LogP contribution is -2.50. The molecule has 11 nitrogen and oxygen atoms in total. The molecule has 34 heavy (non-hydrogen) atoms. The van der Waals surface area contributed by atoms with Crippen molar-refractivity contribution in [2.24, 2.45) is 0 Å². The van der Waals surface area contributed by atoms with Crippen molar-refractivity contribution in [3.05, 3.63) is 36.4 Å². The second-order valence-electron chi connectivity index (χ2n) is 7.87. The monoisotopic (exact) mass is 472 g/mol. The zero-order valence-electron chi connectivity index (χ0n) is 18.6. The number of rotatable bonds is 6. The van der Waals surface area contributed by atoms with Crippen LogP contribution < -0.4 is 15.1 Å². The fourth-order valence-corrected chi connectivity index (χ4v) is 3.82. The molecular formula is C22H25FN6O5. The normalized spacial score (nSPS) is 18.1. The molecule has 0 bridgehead atoms. The van der Waals surface area contributed by atoms with E-state index >= 15 is 0 Å². The van der Waals surface area contributed by atoms with Crippen LogP contribution in [0.15, 0.2) is 30.6 Å². The number of aromatic nitrogens is 2. The summed E-state index contributed by atoms with van der Waals surface area (Å²) in [4.78, 5) is 48.7. The van der Waals surface area contributed by atoms with E-state index in [1.807, 2.05) is 4.90 Å². The SMILES string of the molecule is CCC(=O)NC1CN(c2ccc(-c3cnc(N4CCN(C(=O)CO)CC4)nc3)c(F)c2)C(=O)O1. The van der Waals surface area contributed by atoms with Crippen molar-refractivity contribution >= 4 is 29.5 Å². The van der Waals surface area contributed by atoms with Gasteiger partial charge in [-0.1, -0.05) is 6.92 Å². The van der Waals surface area contributed by atoms with E-state index in [-0.39, 0.29) is 30.3 Å². The summed E-state index contributed by atoms with van der Waals surface area (Å²) in [6.07, 6.45) is 1.85. The Hall–Kier alpha value is -3.80. The van der Waals surface area contributed by atoms with Crippen LogP contribution in [0.5, 0.6) is 0 Å². The molecule has 1 aromatic heterocycles. The van der Waals surface area contributed by atoms with Gasteiger partial charge in [0.25, 0.3) is 0 Å². The van der Waals surface area contributed by atoms with Crippen molar-refractivity contribution < 1.29 is 28.6 Å². The Labute approximate surface area is 195 Å². The van der Waals surface area contributed by atoms with Crippen molar-refractivity contribution in [2.45, 2.75) is 19.6 Å². The maximum Gasteiger partial charge on any atom is 0.416 e. The molecule has 0 saturated carbocycles. The number of carbonyl (C=O) groups excluding carboxylic acids is 3. The first kappa shape index (κ1) is 23.4. The lowest BCUT2D eigenvalue weighted by molar-refractivity contribution is -0.134. The molecule has 4 rings (SSSR count). The van der Waals surface area contributed by atoms with Gasteiger partial charge in [-0.25, -0.2) is 19.2 Å². The molecule has 3 heterocycles. The number of piperazine rings is 1. The maximum atomic E-state index is 14.9. The molecule has 1 unspecified atom stereocenters. The zero-order valence-corrected chi connectivity index (χ0v) is 18.6. The molecule has 0 spiro atoms. The second kappa shape index (κ2) is 10.00. The minimum atomic E-state index is -0.785. The average Bonchev–Trinajstić information content (AvgIpc) is 3.23. The highest BCUT2D eigenvalue weighted by atomic mass is 19.1. The third-order valence-corrected chi connectivity index (χ3v) is 5.72. The fourth-order valence-electron chi connectivity index (χ4n) is 3.82. The van der Waals surface area contributed by atoms with Gasteiger partial charge in [0.2, 0.25) is 17.8 Å². The van der Waals surface area contributed by atoms with Crippen molar-refractivity contribution in [3.63, 3.8) is 0 Å². The van der Waals surface area contributed by atoms with Gasteiger partial charge in [-0.05, 0) is 18.2 Å². The van der Waals surface area contributed by atoms with Crippen LogP contribution in [-0.4, -0.2) is 83.4 Å². The van der Waals surface area contributed by atoms with Gasteiger partial charge in [0.15, 0.2) is 6.23 Å². The number of hydrogen-bond acceptors (Lipinski definition) is 8. The van der Waals surface area contributed by atoms with E-state index in [2.05, 4.69) is 15.3 Å². The third-order valence-electron chi connectivity index (χ3n) is 5.72. The Bertz CT molecular complexity index is 1070. The van der Waals surface area contributed by atoms with Gasteiger partial charge in [-0.3, -0.25) is 14.5 Å². The van der Waals surface area contributed by atoms with Crippen LogP contribution in [0.2, 0.25) is 0 Å². The van der Waals surface area contributed by atoms with Gasteiger partial charge in [0.1, 0.15) is 12.4 Å². The highest BCUT2D eigenvalue weighted by Gasteiger charge is 2.33. The number of benzene rings is 1. The van der Waals surface area contributed by atoms with Crippen LogP contribution in [0.3, 0.4) is 0 Å². The molecule has 180 valence electrons. The number of hydrogen-bond donors (Lipinski definition) is 2. The van der Waals surface area contributed by atoms with E-state index in [0.29, 0.717) is 43.4 Å². The van der Waals surface area contributed by atoms with Crippen LogP contribution in [-0.2, 0) is 14.3 Å². The van der Waals surface area contributed by atoms with Gasteiger partial charge in [0.05, 0.1) is 12.2 Å². The standard InChI is InChI=1S/C22H25FN6O5/c1-2-18(31)26-19-12-29(22(33)34-19)15-3-4-16(17(23)9-15)14-10-24-21(25-11-14)28-7-5-27(6-8-28)20(32)13-30/h3-4,9-11,19,30H,2,5-8,12-13H2,1H3,(H,26,31). The van der Waals surface area contributed by atoms with E-state index in [1.54, 1.807) is 17.9 Å². The summed E-state index contributed by atoms with van der Waals surface area (Å²) in [5, 5.41) is 11.6. The third kappa shape index (κ3) is 4.91. The molecular weight excluding hydrogens is 447 g/mol. The predicted molar refractivity (Wildman–Crippen MR) is 119 cm³/mol. The lowest BCUT2D eigenvalue weighted by atomic mass is 10.1. The lowest BCUT2D eigenvalue weighted by Gasteiger charge is -2.34. The van der Waals surface area contributed by atoms with Crippen LogP contribution in [0, 0.1) is 5.82 Å². The molecule has 3 amide bonds. The smallest absolute Gasteiger partial charge is 0.416 e. The van der Waals surface area contributed by atoms with Gasteiger partial charge in [-0.2, -0.15) is 0 Å². The number of amides is 3. The zero-order chi connectivity index (χ0) is 24.2. The number of cyclic esters (lactones) is 1. The van der Waals surface area contributed by atoms with E-state index in [0.717, 1.165) is 0 Å². The number of carbonyl (C=O) groups is 3. The Kier molecular flexibility index (Phi) is 6.87. The fraction of sp³-hybridized carbons (Fsp3) is 0.409. The van der Waals surface area contributed by atoms with E-state index < -0.39 is 24.7 Å². The molecule has 2 saturated heterocycles. The van der Waals surface area contributed by atoms with Crippen LogP contribution in [0.1, 0.15) is 13.3 Å². The van der Waals surface area contributed by atoms with Gasteiger partial charge in [-0.15, -0.1) is 0 Å². The molecule has 0 radical (unpaired) electrons. The van der Waals surface area contributed by atoms with E-state index in [1.165, 1.54) is 29.4 Å². The quantitative estimate of drug-likeness (QED) is 0.630. The minimum absolute atomic E-state index is 0.0817. The molecule has 12 heteroatoms. The summed E-state index contributed by atoms with van der Waals surface area (Å²) < 4.78 is 20.0. The summed E-state index contributed by atoms with van der Waals surface area (Å²) >= 11 is 0. The summed E-state index contributed by atoms with van der Waals surface area (Å²) in [5.74, 6) is -0.640. The Morgan fingerprint density at radius 1 is 1.21 bits per heavy atom.